The number of carbonyl (C=O) groups is 3. The first kappa shape index (κ1) is 17.8. The number of thiazole rings is 1. The molecule has 1 N–H and O–H groups in total. The molecule has 3 amide bonds. The van der Waals surface area contributed by atoms with Crippen LogP contribution in [-0.2, 0) is 14.4 Å². The molecule has 1 aromatic heterocycles. The maximum Gasteiger partial charge on any atom is 0.249 e. The van der Waals surface area contributed by atoms with Crippen molar-refractivity contribution in [2.45, 2.75) is 46.1 Å². The Kier molecular flexibility index (Phi) is 5.03. The smallest absolute Gasteiger partial charge is 0.249 e. The number of aryl methyl sites for hydroxylation is 1. The summed E-state index contributed by atoms with van der Waals surface area (Å²) >= 11 is 1.38. The lowest BCUT2D eigenvalue weighted by molar-refractivity contribution is -0.147. The van der Waals surface area contributed by atoms with Gasteiger partial charge in [-0.05, 0) is 32.1 Å². The molecule has 1 saturated heterocycles. The number of fused-ring (bicyclic) bond motifs is 1. The highest BCUT2D eigenvalue weighted by molar-refractivity contribution is 7.15. The average molecular weight is 361 g/mol. The minimum Gasteiger partial charge on any atom is -0.300 e. The maximum absolute atomic E-state index is 12.8. The van der Waals surface area contributed by atoms with Gasteiger partial charge in [-0.3, -0.25) is 19.3 Å². The molecule has 6 nitrogen and oxygen atoms in total. The van der Waals surface area contributed by atoms with Gasteiger partial charge in [0.1, 0.15) is 6.04 Å². The molecule has 0 radical (unpaired) electrons. The molecule has 3 atom stereocenters. The van der Waals surface area contributed by atoms with Crippen LogP contribution in [0.3, 0.4) is 0 Å². The van der Waals surface area contributed by atoms with Crippen molar-refractivity contribution in [3.05, 3.63) is 23.2 Å². The van der Waals surface area contributed by atoms with E-state index in [0.717, 1.165) is 4.88 Å². The Morgan fingerprint density at radius 3 is 2.36 bits per heavy atom. The summed E-state index contributed by atoms with van der Waals surface area (Å²) in [6.07, 6.45) is 7.18. The fraction of sp³-hybridized carbons (Fsp3) is 0.556. The first-order valence-electron chi connectivity index (χ1n) is 8.63. The van der Waals surface area contributed by atoms with Crippen molar-refractivity contribution >= 4 is 34.2 Å². The largest absolute Gasteiger partial charge is 0.300 e. The lowest BCUT2D eigenvalue weighted by Gasteiger charge is -2.26. The third-order valence-electron chi connectivity index (χ3n) is 4.70. The number of amides is 3. The van der Waals surface area contributed by atoms with Gasteiger partial charge < -0.3 is 5.32 Å². The minimum atomic E-state index is -0.783. The van der Waals surface area contributed by atoms with Crippen molar-refractivity contribution in [1.29, 1.82) is 0 Å². The van der Waals surface area contributed by atoms with Crippen LogP contribution in [0.2, 0.25) is 0 Å². The minimum absolute atomic E-state index is 0.176. The monoisotopic (exact) mass is 361 g/mol. The molecular formula is C18H23N3O3S. The second-order valence-electron chi connectivity index (χ2n) is 7.11. The van der Waals surface area contributed by atoms with Gasteiger partial charge in [0.15, 0.2) is 5.13 Å². The Bertz CT molecular complexity index is 699. The summed E-state index contributed by atoms with van der Waals surface area (Å²) in [5, 5.41) is 3.27. The molecule has 2 aliphatic rings. The van der Waals surface area contributed by atoms with Crippen LogP contribution in [0.25, 0.3) is 0 Å². The maximum atomic E-state index is 12.8. The molecule has 134 valence electrons. The zero-order chi connectivity index (χ0) is 18.1. The van der Waals surface area contributed by atoms with Crippen LogP contribution in [0.5, 0.6) is 0 Å². The molecule has 25 heavy (non-hydrogen) atoms. The van der Waals surface area contributed by atoms with Crippen molar-refractivity contribution in [1.82, 2.24) is 9.88 Å². The fourth-order valence-electron chi connectivity index (χ4n) is 3.51. The molecule has 1 aliphatic heterocycles. The summed E-state index contributed by atoms with van der Waals surface area (Å²) in [5.41, 5.74) is 0. The normalized spacial score (nSPS) is 23.9. The van der Waals surface area contributed by atoms with E-state index < -0.39 is 6.04 Å². The van der Waals surface area contributed by atoms with Crippen LogP contribution in [0, 0.1) is 24.7 Å². The van der Waals surface area contributed by atoms with E-state index in [2.05, 4.69) is 10.3 Å². The van der Waals surface area contributed by atoms with Gasteiger partial charge in [-0.2, -0.15) is 0 Å². The Labute approximate surface area is 151 Å². The van der Waals surface area contributed by atoms with Crippen LogP contribution < -0.4 is 5.32 Å². The number of carbonyl (C=O) groups excluding carboxylic acids is 3. The third-order valence-corrected chi connectivity index (χ3v) is 5.53. The Morgan fingerprint density at radius 2 is 1.88 bits per heavy atom. The third kappa shape index (κ3) is 3.51. The van der Waals surface area contributed by atoms with Gasteiger partial charge in [-0.15, -0.1) is 11.3 Å². The molecule has 0 aromatic carbocycles. The highest BCUT2D eigenvalue weighted by Gasteiger charge is 2.51. The van der Waals surface area contributed by atoms with E-state index in [-0.39, 0.29) is 35.5 Å². The highest BCUT2D eigenvalue weighted by Crippen LogP contribution is 2.37. The number of likely N-dealkylation sites (tertiary alicyclic amines) is 1. The zero-order valence-electron chi connectivity index (χ0n) is 14.7. The van der Waals surface area contributed by atoms with E-state index >= 15 is 0 Å². The number of aromatic nitrogens is 1. The summed E-state index contributed by atoms with van der Waals surface area (Å²) in [7, 11) is 0. The number of hydrogen-bond donors (Lipinski definition) is 1. The summed E-state index contributed by atoms with van der Waals surface area (Å²) in [6, 6.07) is -0.783. The number of rotatable bonds is 5. The quantitative estimate of drug-likeness (QED) is 0.646. The second-order valence-corrected chi connectivity index (χ2v) is 8.35. The number of allylic oxidation sites excluding steroid dienone is 2. The van der Waals surface area contributed by atoms with E-state index in [9.17, 15) is 14.4 Å². The Hall–Kier alpha value is -2.02. The Balaban J connectivity index is 1.83. The van der Waals surface area contributed by atoms with E-state index in [1.807, 2.05) is 32.9 Å². The number of imide groups is 1. The van der Waals surface area contributed by atoms with Crippen molar-refractivity contribution < 1.29 is 14.4 Å². The molecule has 3 rings (SSSR count). The van der Waals surface area contributed by atoms with E-state index in [1.165, 1.54) is 16.2 Å². The van der Waals surface area contributed by atoms with Crippen molar-refractivity contribution in [3.63, 3.8) is 0 Å². The van der Waals surface area contributed by atoms with Crippen LogP contribution in [-0.4, -0.2) is 33.6 Å². The SMILES string of the molecule is Cc1cnc(NC(=O)[C@H](CC(C)C)N2C(=O)[C@H]3CC=CC[C@@H]3C2=O)s1. The van der Waals surface area contributed by atoms with Crippen LogP contribution in [0.4, 0.5) is 5.13 Å². The Morgan fingerprint density at radius 1 is 1.28 bits per heavy atom. The van der Waals surface area contributed by atoms with Crippen molar-refractivity contribution in [3.8, 4) is 0 Å². The molecule has 1 aromatic rings. The molecule has 0 bridgehead atoms. The summed E-state index contributed by atoms with van der Waals surface area (Å²) in [4.78, 5) is 44.8. The molecule has 0 spiro atoms. The van der Waals surface area contributed by atoms with Gasteiger partial charge in [0, 0.05) is 11.1 Å². The molecule has 7 heteroatoms. The first-order chi connectivity index (χ1) is 11.9. The van der Waals surface area contributed by atoms with Crippen molar-refractivity contribution in [2.75, 3.05) is 5.32 Å². The number of anilines is 1. The van der Waals surface area contributed by atoms with E-state index in [4.69, 9.17) is 0 Å². The standard InChI is InChI=1S/C18H23N3O3S/c1-10(2)8-14(15(22)20-18-19-9-11(3)25-18)21-16(23)12-6-4-5-7-13(12)17(21)24/h4-5,9-10,12-14H,6-8H2,1-3H3,(H,19,20,22)/t12-,13-,14-/m0/s1. The molecular weight excluding hydrogens is 338 g/mol. The molecule has 0 unspecified atom stereocenters. The lowest BCUT2D eigenvalue weighted by atomic mass is 9.85. The molecule has 1 aliphatic carbocycles. The molecule has 2 heterocycles. The van der Waals surface area contributed by atoms with Crippen LogP contribution >= 0.6 is 11.3 Å². The predicted molar refractivity (Wildman–Crippen MR) is 95.9 cm³/mol. The topological polar surface area (TPSA) is 79.4 Å². The first-order valence-corrected chi connectivity index (χ1v) is 9.45. The van der Waals surface area contributed by atoms with Gasteiger partial charge in [0.2, 0.25) is 17.7 Å². The second kappa shape index (κ2) is 7.07. The van der Waals surface area contributed by atoms with Gasteiger partial charge >= 0.3 is 0 Å². The number of hydrogen-bond acceptors (Lipinski definition) is 5. The van der Waals surface area contributed by atoms with E-state index in [0.29, 0.717) is 24.4 Å². The van der Waals surface area contributed by atoms with Gasteiger partial charge in [-0.25, -0.2) is 4.98 Å². The van der Waals surface area contributed by atoms with Gasteiger partial charge in [0.25, 0.3) is 0 Å². The summed E-state index contributed by atoms with van der Waals surface area (Å²) in [5.74, 6) is -1.22. The summed E-state index contributed by atoms with van der Waals surface area (Å²) < 4.78 is 0. The molecule has 0 saturated carbocycles. The van der Waals surface area contributed by atoms with E-state index in [1.54, 1.807) is 6.20 Å². The average Bonchev–Trinajstić information content (AvgIpc) is 3.08. The van der Waals surface area contributed by atoms with Gasteiger partial charge in [0.05, 0.1) is 11.8 Å². The predicted octanol–water partition coefficient (Wildman–Crippen LogP) is 2.76. The van der Waals surface area contributed by atoms with Gasteiger partial charge in [-0.1, -0.05) is 26.0 Å². The number of nitrogens with one attached hydrogen (secondary N) is 1. The number of nitrogens with zero attached hydrogens (tertiary/aromatic N) is 2. The summed E-state index contributed by atoms with van der Waals surface area (Å²) in [6.45, 7) is 5.87. The van der Waals surface area contributed by atoms with Crippen LogP contribution in [0.15, 0.2) is 18.3 Å². The zero-order valence-corrected chi connectivity index (χ0v) is 15.5. The van der Waals surface area contributed by atoms with Crippen molar-refractivity contribution in [2.24, 2.45) is 17.8 Å². The van der Waals surface area contributed by atoms with Crippen LogP contribution in [0.1, 0.15) is 38.0 Å². The fourth-order valence-corrected chi connectivity index (χ4v) is 4.18. The molecule has 1 fully saturated rings. The lowest BCUT2D eigenvalue weighted by Crippen LogP contribution is -2.48. The highest BCUT2D eigenvalue weighted by atomic mass is 32.1.